The van der Waals surface area contributed by atoms with Crippen molar-refractivity contribution in [3.63, 3.8) is 0 Å². The van der Waals surface area contributed by atoms with Crippen molar-refractivity contribution in [2.45, 2.75) is 64.0 Å². The predicted octanol–water partition coefficient (Wildman–Crippen LogP) is 4.83. The first-order chi connectivity index (χ1) is 17.7. The van der Waals surface area contributed by atoms with Crippen LogP contribution in [-0.2, 0) is 20.7 Å². The van der Waals surface area contributed by atoms with Gasteiger partial charge in [0.1, 0.15) is 5.60 Å². The Bertz CT molecular complexity index is 1150. The van der Waals surface area contributed by atoms with Crippen molar-refractivity contribution in [2.24, 2.45) is 11.8 Å². The minimum Gasteiger partial charge on any atom is -0.444 e. The summed E-state index contributed by atoms with van der Waals surface area (Å²) in [7, 11) is 0. The van der Waals surface area contributed by atoms with E-state index in [0.29, 0.717) is 19.6 Å². The maximum absolute atomic E-state index is 14.0. The van der Waals surface area contributed by atoms with Gasteiger partial charge in [0.15, 0.2) is 0 Å². The van der Waals surface area contributed by atoms with Crippen LogP contribution >= 0.6 is 0 Å². The lowest BCUT2D eigenvalue weighted by Gasteiger charge is -2.33. The predicted molar refractivity (Wildman–Crippen MR) is 142 cm³/mol. The van der Waals surface area contributed by atoms with Gasteiger partial charge in [0.05, 0.1) is 5.92 Å². The van der Waals surface area contributed by atoms with Crippen molar-refractivity contribution in [1.82, 2.24) is 9.80 Å². The molecule has 1 saturated heterocycles. The summed E-state index contributed by atoms with van der Waals surface area (Å²) in [6, 6.07) is 18.1. The van der Waals surface area contributed by atoms with Crippen LogP contribution in [0, 0.1) is 11.8 Å². The van der Waals surface area contributed by atoms with Gasteiger partial charge in [0, 0.05) is 37.8 Å². The fourth-order valence-corrected chi connectivity index (χ4v) is 5.66. The Balaban J connectivity index is 1.37. The van der Waals surface area contributed by atoms with Gasteiger partial charge in [-0.2, -0.15) is 0 Å². The number of fused-ring (bicyclic) bond motifs is 1. The molecule has 2 aliphatic heterocycles. The van der Waals surface area contributed by atoms with Crippen LogP contribution in [0.2, 0.25) is 0 Å². The smallest absolute Gasteiger partial charge is 0.410 e. The van der Waals surface area contributed by atoms with Crippen LogP contribution in [0.3, 0.4) is 0 Å². The molecule has 196 valence electrons. The van der Waals surface area contributed by atoms with E-state index in [1.54, 1.807) is 0 Å². The molecule has 2 fully saturated rings. The van der Waals surface area contributed by atoms with Gasteiger partial charge in [-0.1, -0.05) is 48.5 Å². The quantitative estimate of drug-likeness (QED) is 0.613. The summed E-state index contributed by atoms with van der Waals surface area (Å²) in [6.07, 6.45) is 2.68. The van der Waals surface area contributed by atoms with Gasteiger partial charge in [-0.3, -0.25) is 9.59 Å². The van der Waals surface area contributed by atoms with Crippen LogP contribution in [0.15, 0.2) is 54.6 Å². The fourth-order valence-electron chi connectivity index (χ4n) is 5.66. The number of carbonyl (C=O) groups is 3. The summed E-state index contributed by atoms with van der Waals surface area (Å²) >= 11 is 0. The standard InChI is InChI=1S/C30H37N3O4/c1-30(2,3)37-29(36)32-17-21(15-20-9-5-4-6-10-20)22(18-32)19-33(23-13-14-23)28(35)25-16-27(34)31-26-12-8-7-11-24(25)26/h4-12,21-23,25H,13-19H2,1-3H3,(H,31,34). The number of hydrogen-bond acceptors (Lipinski definition) is 4. The highest BCUT2D eigenvalue weighted by atomic mass is 16.6. The van der Waals surface area contributed by atoms with Crippen LogP contribution in [0.25, 0.3) is 0 Å². The van der Waals surface area contributed by atoms with Crippen LogP contribution in [0.1, 0.15) is 57.1 Å². The van der Waals surface area contributed by atoms with E-state index < -0.39 is 11.5 Å². The Morgan fingerprint density at radius 1 is 1.00 bits per heavy atom. The monoisotopic (exact) mass is 503 g/mol. The Kier molecular flexibility index (Phi) is 6.97. The SMILES string of the molecule is CC(C)(C)OC(=O)N1CC(Cc2ccccc2)C(CN(C(=O)C2CC(=O)Nc3ccccc32)C2CC2)C1. The number of rotatable bonds is 6. The number of ether oxygens (including phenoxy) is 1. The lowest BCUT2D eigenvalue weighted by atomic mass is 9.87. The molecule has 7 heteroatoms. The summed E-state index contributed by atoms with van der Waals surface area (Å²) in [5.41, 5.74) is 2.28. The zero-order chi connectivity index (χ0) is 26.2. The van der Waals surface area contributed by atoms with E-state index in [1.165, 1.54) is 5.56 Å². The van der Waals surface area contributed by atoms with E-state index in [2.05, 4.69) is 17.4 Å². The summed E-state index contributed by atoms with van der Waals surface area (Å²) in [5.74, 6) is -0.219. The molecule has 1 aliphatic carbocycles. The van der Waals surface area contributed by atoms with Crippen molar-refractivity contribution in [3.8, 4) is 0 Å². The maximum Gasteiger partial charge on any atom is 0.410 e. The minimum absolute atomic E-state index is 0.0268. The van der Waals surface area contributed by atoms with Crippen molar-refractivity contribution in [1.29, 1.82) is 0 Å². The van der Waals surface area contributed by atoms with Crippen molar-refractivity contribution in [2.75, 3.05) is 25.0 Å². The summed E-state index contributed by atoms with van der Waals surface area (Å²) in [5, 5.41) is 2.91. The van der Waals surface area contributed by atoms with Gasteiger partial charge < -0.3 is 19.9 Å². The van der Waals surface area contributed by atoms with E-state index in [1.807, 2.05) is 73.0 Å². The second-order valence-corrected chi connectivity index (χ2v) is 11.7. The van der Waals surface area contributed by atoms with Crippen molar-refractivity contribution < 1.29 is 19.1 Å². The average molecular weight is 504 g/mol. The molecule has 1 saturated carbocycles. The third kappa shape index (κ3) is 5.97. The van der Waals surface area contributed by atoms with Crippen LogP contribution in [-0.4, -0.2) is 59.0 Å². The van der Waals surface area contributed by atoms with Gasteiger partial charge in [0.25, 0.3) is 0 Å². The van der Waals surface area contributed by atoms with Crippen LogP contribution in [0.4, 0.5) is 10.5 Å². The topological polar surface area (TPSA) is 79.0 Å². The molecule has 0 radical (unpaired) electrons. The molecule has 1 N–H and O–H groups in total. The Hall–Kier alpha value is -3.35. The number of hydrogen-bond donors (Lipinski definition) is 1. The number of likely N-dealkylation sites (tertiary alicyclic amines) is 1. The zero-order valence-electron chi connectivity index (χ0n) is 22.0. The normalized spacial score (nSPS) is 23.3. The molecule has 2 heterocycles. The van der Waals surface area contributed by atoms with E-state index in [9.17, 15) is 14.4 Å². The number of carbonyl (C=O) groups excluding carboxylic acids is 3. The van der Waals surface area contributed by atoms with E-state index >= 15 is 0 Å². The molecule has 0 bridgehead atoms. The van der Waals surface area contributed by atoms with Crippen LogP contribution in [0.5, 0.6) is 0 Å². The third-order valence-corrected chi connectivity index (χ3v) is 7.57. The van der Waals surface area contributed by atoms with Crippen LogP contribution < -0.4 is 5.32 Å². The molecule has 37 heavy (non-hydrogen) atoms. The number of nitrogens with zero attached hydrogens (tertiary/aromatic N) is 2. The number of nitrogens with one attached hydrogen (secondary N) is 1. The van der Waals surface area contributed by atoms with Crippen molar-refractivity contribution >= 4 is 23.6 Å². The summed E-state index contributed by atoms with van der Waals surface area (Å²) < 4.78 is 5.69. The molecule has 0 aromatic heterocycles. The Labute approximate surface area is 219 Å². The molecule has 3 amide bonds. The molecule has 3 unspecified atom stereocenters. The Morgan fingerprint density at radius 2 is 1.68 bits per heavy atom. The molecule has 3 aliphatic rings. The highest BCUT2D eigenvalue weighted by Crippen LogP contribution is 2.39. The first kappa shape index (κ1) is 25.3. The number of para-hydroxylation sites is 1. The second kappa shape index (κ2) is 10.2. The maximum atomic E-state index is 14.0. The van der Waals surface area contributed by atoms with E-state index in [4.69, 9.17) is 4.74 Å². The average Bonchev–Trinajstić information content (AvgIpc) is 3.62. The molecule has 0 spiro atoms. The molecular formula is C30H37N3O4. The molecule has 7 nitrogen and oxygen atoms in total. The van der Waals surface area contributed by atoms with E-state index in [0.717, 1.165) is 30.5 Å². The summed E-state index contributed by atoms with van der Waals surface area (Å²) in [4.78, 5) is 43.2. The second-order valence-electron chi connectivity index (χ2n) is 11.7. The number of amides is 3. The highest BCUT2D eigenvalue weighted by Gasteiger charge is 2.44. The van der Waals surface area contributed by atoms with Gasteiger partial charge in [-0.15, -0.1) is 0 Å². The molecule has 2 aromatic rings. The Morgan fingerprint density at radius 3 is 2.38 bits per heavy atom. The van der Waals surface area contributed by atoms with Gasteiger partial charge in [0.2, 0.25) is 11.8 Å². The number of benzene rings is 2. The summed E-state index contributed by atoms with van der Waals surface area (Å²) in [6.45, 7) is 7.39. The van der Waals surface area contributed by atoms with Gasteiger partial charge >= 0.3 is 6.09 Å². The van der Waals surface area contributed by atoms with Gasteiger partial charge in [-0.05, 0) is 69.1 Å². The first-order valence-corrected chi connectivity index (χ1v) is 13.4. The van der Waals surface area contributed by atoms with Crippen molar-refractivity contribution in [3.05, 3.63) is 65.7 Å². The highest BCUT2D eigenvalue weighted by molar-refractivity contribution is 6.01. The fraction of sp³-hybridized carbons (Fsp3) is 0.500. The van der Waals surface area contributed by atoms with E-state index in [-0.39, 0.29) is 42.2 Å². The molecular weight excluding hydrogens is 466 g/mol. The third-order valence-electron chi connectivity index (χ3n) is 7.57. The van der Waals surface area contributed by atoms with Gasteiger partial charge in [-0.25, -0.2) is 4.79 Å². The lowest BCUT2D eigenvalue weighted by molar-refractivity contribution is -0.136. The lowest BCUT2D eigenvalue weighted by Crippen LogP contribution is -2.44. The molecule has 5 rings (SSSR count). The molecule has 2 aromatic carbocycles. The molecule has 3 atom stereocenters. The number of anilines is 1. The first-order valence-electron chi connectivity index (χ1n) is 13.4. The minimum atomic E-state index is -0.560. The largest absolute Gasteiger partial charge is 0.444 e. The zero-order valence-corrected chi connectivity index (χ0v) is 22.0.